The molecule has 1 amide bonds. The summed E-state index contributed by atoms with van der Waals surface area (Å²) in [6.07, 6.45) is 1.34. The molecule has 0 aliphatic heterocycles. The van der Waals surface area contributed by atoms with Gasteiger partial charge >= 0.3 is 5.69 Å². The van der Waals surface area contributed by atoms with Gasteiger partial charge in [0, 0.05) is 18.4 Å². The number of carbonyl (C=O) groups excluding carboxylic acids is 1. The van der Waals surface area contributed by atoms with E-state index in [2.05, 4.69) is 20.7 Å². The van der Waals surface area contributed by atoms with E-state index in [-0.39, 0.29) is 24.3 Å². The number of amides is 1. The lowest BCUT2D eigenvalue weighted by Crippen LogP contribution is -2.28. The number of aromatic hydroxyl groups is 1. The number of aromatic nitrogens is 3. The molecule has 0 saturated carbocycles. The van der Waals surface area contributed by atoms with Crippen LogP contribution in [0, 0.1) is 0 Å². The molecule has 4 N–H and O–H groups in total. The lowest BCUT2D eigenvalue weighted by Gasteiger charge is -2.00. The van der Waals surface area contributed by atoms with Crippen molar-refractivity contribution in [1.82, 2.24) is 20.6 Å². The Hall–Kier alpha value is -3.23. The van der Waals surface area contributed by atoms with E-state index >= 15 is 0 Å². The molecule has 0 unspecified atom stereocenters. The zero-order valence-electron chi connectivity index (χ0n) is 11.4. The van der Waals surface area contributed by atoms with E-state index in [0.29, 0.717) is 5.56 Å². The highest BCUT2D eigenvalue weighted by molar-refractivity contribution is 5.85. The summed E-state index contributed by atoms with van der Waals surface area (Å²) in [6, 6.07) is 6.52. The molecule has 1 heterocycles. The average molecular weight is 303 g/mol. The molecule has 0 spiro atoms. The van der Waals surface area contributed by atoms with E-state index in [0.717, 1.165) is 0 Å². The first-order valence-electron chi connectivity index (χ1n) is 6.34. The van der Waals surface area contributed by atoms with E-state index in [9.17, 15) is 19.5 Å². The number of nitrogens with one attached hydrogen (secondary N) is 3. The van der Waals surface area contributed by atoms with E-state index < -0.39 is 17.2 Å². The van der Waals surface area contributed by atoms with Crippen LogP contribution in [0.25, 0.3) is 0 Å². The zero-order chi connectivity index (χ0) is 15.9. The van der Waals surface area contributed by atoms with Crippen molar-refractivity contribution in [3.63, 3.8) is 0 Å². The summed E-state index contributed by atoms with van der Waals surface area (Å²) in [5.41, 5.74) is 1.45. The molecule has 0 bridgehead atoms. The van der Waals surface area contributed by atoms with Crippen LogP contribution in [-0.4, -0.2) is 32.4 Å². The fourth-order valence-electron chi connectivity index (χ4n) is 1.60. The third kappa shape index (κ3) is 4.13. The first kappa shape index (κ1) is 15.2. The van der Waals surface area contributed by atoms with Crippen molar-refractivity contribution in [3.05, 3.63) is 56.4 Å². The maximum Gasteiger partial charge on any atom is 0.342 e. The molecule has 114 valence electrons. The van der Waals surface area contributed by atoms with Gasteiger partial charge in [0.2, 0.25) is 5.91 Å². The number of hydrogen-bond donors (Lipinski definition) is 4. The van der Waals surface area contributed by atoms with Crippen LogP contribution in [0.2, 0.25) is 0 Å². The van der Waals surface area contributed by atoms with Gasteiger partial charge in [-0.25, -0.2) is 15.3 Å². The van der Waals surface area contributed by atoms with Crippen molar-refractivity contribution >= 4 is 12.1 Å². The Balaban J connectivity index is 1.87. The maximum absolute atomic E-state index is 11.6. The molecular weight excluding hydrogens is 290 g/mol. The molecule has 2 rings (SSSR count). The summed E-state index contributed by atoms with van der Waals surface area (Å²) in [7, 11) is 0. The third-order valence-electron chi connectivity index (χ3n) is 2.70. The summed E-state index contributed by atoms with van der Waals surface area (Å²) >= 11 is 0. The predicted octanol–water partition coefficient (Wildman–Crippen LogP) is -0.753. The molecule has 1 aromatic heterocycles. The quantitative estimate of drug-likeness (QED) is 0.425. The molecule has 0 radical (unpaired) electrons. The molecule has 0 aliphatic rings. The van der Waals surface area contributed by atoms with Crippen molar-refractivity contribution in [2.24, 2.45) is 5.10 Å². The number of phenolic OH excluding ortho intramolecular Hbond substituents is 1. The van der Waals surface area contributed by atoms with E-state index in [1.807, 2.05) is 4.98 Å². The van der Waals surface area contributed by atoms with Gasteiger partial charge in [0.15, 0.2) is 0 Å². The molecule has 1 aromatic carbocycles. The van der Waals surface area contributed by atoms with Gasteiger partial charge in [-0.2, -0.15) is 10.2 Å². The van der Waals surface area contributed by atoms with Crippen molar-refractivity contribution in [1.29, 1.82) is 0 Å². The summed E-state index contributed by atoms with van der Waals surface area (Å²) in [6.45, 7) is 0. The minimum absolute atomic E-state index is 0.0275. The van der Waals surface area contributed by atoms with E-state index in [1.54, 1.807) is 18.2 Å². The number of aryl methyl sites for hydroxylation is 1. The molecular formula is C13H13N5O4. The van der Waals surface area contributed by atoms with Gasteiger partial charge in [0.1, 0.15) is 11.4 Å². The summed E-state index contributed by atoms with van der Waals surface area (Å²) in [4.78, 5) is 35.7. The number of carbonyl (C=O) groups is 1. The third-order valence-corrected chi connectivity index (χ3v) is 2.70. The number of benzene rings is 1. The van der Waals surface area contributed by atoms with Crippen LogP contribution in [0.3, 0.4) is 0 Å². The van der Waals surface area contributed by atoms with Gasteiger partial charge in [-0.15, -0.1) is 0 Å². The second-order valence-electron chi connectivity index (χ2n) is 4.31. The number of hydrazone groups is 1. The van der Waals surface area contributed by atoms with Crippen LogP contribution in [-0.2, 0) is 11.2 Å². The van der Waals surface area contributed by atoms with Gasteiger partial charge < -0.3 is 5.11 Å². The van der Waals surface area contributed by atoms with Crippen LogP contribution in [0.5, 0.6) is 5.75 Å². The summed E-state index contributed by atoms with van der Waals surface area (Å²) in [5, 5.41) is 18.8. The SMILES string of the molecule is O=C(CCc1n[nH]c(=O)[nH]c1=O)N/N=C\c1ccccc1O. The molecule has 22 heavy (non-hydrogen) atoms. The topological polar surface area (TPSA) is 140 Å². The number of H-pyrrole nitrogens is 2. The Bertz CT molecular complexity index is 808. The minimum Gasteiger partial charge on any atom is -0.507 e. The standard InChI is InChI=1S/C13H13N5O4/c19-10-4-2-1-3-8(10)7-14-17-11(20)6-5-9-12(21)15-13(22)18-16-9/h1-4,7,19H,5-6H2,(H,17,20)(H2,15,18,21,22)/b14-7-. The monoisotopic (exact) mass is 303 g/mol. The van der Waals surface area contributed by atoms with Crippen molar-refractivity contribution in [3.8, 4) is 5.75 Å². The van der Waals surface area contributed by atoms with Crippen LogP contribution in [0.15, 0.2) is 39.0 Å². The first-order chi connectivity index (χ1) is 10.6. The number of aromatic amines is 2. The highest BCUT2D eigenvalue weighted by atomic mass is 16.3. The molecule has 9 nitrogen and oxygen atoms in total. The number of hydrogen-bond acceptors (Lipinski definition) is 6. The number of para-hydroxylation sites is 1. The first-order valence-corrected chi connectivity index (χ1v) is 6.34. The van der Waals surface area contributed by atoms with E-state index in [1.165, 1.54) is 12.3 Å². The lowest BCUT2D eigenvalue weighted by molar-refractivity contribution is -0.121. The second kappa shape index (κ2) is 6.97. The number of rotatable bonds is 5. The van der Waals surface area contributed by atoms with Crippen molar-refractivity contribution < 1.29 is 9.90 Å². The fourth-order valence-corrected chi connectivity index (χ4v) is 1.60. The Morgan fingerprint density at radius 2 is 2.14 bits per heavy atom. The van der Waals surface area contributed by atoms with Gasteiger partial charge in [0.25, 0.3) is 5.56 Å². The van der Waals surface area contributed by atoms with Crippen LogP contribution in [0.1, 0.15) is 17.7 Å². The van der Waals surface area contributed by atoms with Crippen molar-refractivity contribution in [2.45, 2.75) is 12.8 Å². The van der Waals surface area contributed by atoms with Crippen LogP contribution >= 0.6 is 0 Å². The van der Waals surface area contributed by atoms with Gasteiger partial charge in [0.05, 0.1) is 6.21 Å². The average Bonchev–Trinajstić information content (AvgIpc) is 2.48. The van der Waals surface area contributed by atoms with Gasteiger partial charge in [-0.1, -0.05) is 12.1 Å². The molecule has 0 aliphatic carbocycles. The largest absolute Gasteiger partial charge is 0.507 e. The molecule has 2 aromatic rings. The number of nitrogens with zero attached hydrogens (tertiary/aromatic N) is 2. The normalized spacial score (nSPS) is 10.7. The Morgan fingerprint density at radius 3 is 2.86 bits per heavy atom. The highest BCUT2D eigenvalue weighted by Crippen LogP contribution is 2.12. The highest BCUT2D eigenvalue weighted by Gasteiger charge is 2.06. The van der Waals surface area contributed by atoms with Gasteiger partial charge in [-0.3, -0.25) is 14.6 Å². The summed E-state index contributed by atoms with van der Waals surface area (Å²) in [5.74, 6) is -0.386. The predicted molar refractivity (Wildman–Crippen MR) is 77.6 cm³/mol. The molecule has 0 atom stereocenters. The molecule has 9 heteroatoms. The molecule has 0 fully saturated rings. The second-order valence-corrected chi connectivity index (χ2v) is 4.31. The Labute approximate surface area is 123 Å². The Kier molecular flexibility index (Phi) is 4.81. The van der Waals surface area contributed by atoms with Gasteiger partial charge in [-0.05, 0) is 12.1 Å². The van der Waals surface area contributed by atoms with Crippen LogP contribution in [0.4, 0.5) is 0 Å². The van der Waals surface area contributed by atoms with Crippen LogP contribution < -0.4 is 16.7 Å². The smallest absolute Gasteiger partial charge is 0.342 e. The summed E-state index contributed by atoms with van der Waals surface area (Å²) < 4.78 is 0. The zero-order valence-corrected chi connectivity index (χ0v) is 11.4. The lowest BCUT2D eigenvalue weighted by atomic mass is 10.2. The Morgan fingerprint density at radius 1 is 1.36 bits per heavy atom. The molecule has 0 saturated heterocycles. The number of phenols is 1. The maximum atomic E-state index is 11.6. The van der Waals surface area contributed by atoms with E-state index in [4.69, 9.17) is 0 Å². The fraction of sp³-hybridized carbons (Fsp3) is 0.154. The van der Waals surface area contributed by atoms with Crippen molar-refractivity contribution in [2.75, 3.05) is 0 Å². The minimum atomic E-state index is -0.703.